The van der Waals surface area contributed by atoms with Crippen LogP contribution in [0.3, 0.4) is 0 Å². The fourth-order valence-corrected chi connectivity index (χ4v) is 2.80. The lowest BCUT2D eigenvalue weighted by molar-refractivity contribution is 0.529. The Morgan fingerprint density at radius 3 is 2.52 bits per heavy atom. The number of hydrogen-bond donors (Lipinski definition) is 1. The highest BCUT2D eigenvalue weighted by Crippen LogP contribution is 2.22. The van der Waals surface area contributed by atoms with Crippen molar-refractivity contribution in [1.82, 2.24) is 24.5 Å². The summed E-state index contributed by atoms with van der Waals surface area (Å²) in [7, 11) is 0. The fourth-order valence-electron chi connectivity index (χ4n) is 2.80. The summed E-state index contributed by atoms with van der Waals surface area (Å²) in [5.74, 6) is 0.952. The second kappa shape index (κ2) is 6.85. The van der Waals surface area contributed by atoms with Crippen molar-refractivity contribution in [2.45, 2.75) is 66.1 Å². The quantitative estimate of drug-likeness (QED) is 0.847. The van der Waals surface area contributed by atoms with Crippen molar-refractivity contribution in [3.05, 3.63) is 29.1 Å². The predicted molar refractivity (Wildman–Crippen MR) is 83.0 cm³/mol. The Morgan fingerprint density at radius 1 is 1.19 bits per heavy atom. The average Bonchev–Trinajstić information content (AvgIpc) is 3.04. The van der Waals surface area contributed by atoms with Crippen molar-refractivity contribution in [3.8, 4) is 0 Å². The molecule has 0 saturated heterocycles. The highest BCUT2D eigenvalue weighted by Gasteiger charge is 2.19. The van der Waals surface area contributed by atoms with Gasteiger partial charge in [-0.3, -0.25) is 4.68 Å². The monoisotopic (exact) mass is 290 g/mol. The molecule has 0 aliphatic rings. The Morgan fingerprint density at radius 2 is 1.95 bits per heavy atom. The maximum atomic E-state index is 6.14. The van der Waals surface area contributed by atoms with Crippen LogP contribution in [0.4, 0.5) is 0 Å². The van der Waals surface area contributed by atoms with E-state index in [-0.39, 0.29) is 6.04 Å². The molecule has 0 aliphatic heterocycles. The molecule has 0 bridgehead atoms. The van der Waals surface area contributed by atoms with Crippen LogP contribution < -0.4 is 5.73 Å². The summed E-state index contributed by atoms with van der Waals surface area (Å²) in [4.78, 5) is 4.37. The van der Waals surface area contributed by atoms with E-state index in [1.807, 2.05) is 16.3 Å². The van der Waals surface area contributed by atoms with E-state index >= 15 is 0 Å². The van der Waals surface area contributed by atoms with Gasteiger partial charge < -0.3 is 5.73 Å². The first-order chi connectivity index (χ1) is 10.1. The van der Waals surface area contributed by atoms with Gasteiger partial charge in [0, 0.05) is 23.8 Å². The molecule has 6 heteroatoms. The van der Waals surface area contributed by atoms with Crippen molar-refractivity contribution < 1.29 is 0 Å². The van der Waals surface area contributed by atoms with E-state index in [0.29, 0.717) is 6.54 Å². The zero-order chi connectivity index (χ0) is 15.4. The first-order valence-electron chi connectivity index (χ1n) is 7.82. The Labute approximate surface area is 126 Å². The van der Waals surface area contributed by atoms with Crippen molar-refractivity contribution in [2.75, 3.05) is 0 Å². The molecule has 2 N–H and O–H groups in total. The maximum absolute atomic E-state index is 6.14. The zero-order valence-electron chi connectivity index (χ0n) is 13.5. The second-order valence-corrected chi connectivity index (χ2v) is 5.36. The van der Waals surface area contributed by atoms with Gasteiger partial charge in [-0.25, -0.2) is 9.67 Å². The zero-order valence-corrected chi connectivity index (χ0v) is 13.5. The number of aromatic nitrogens is 5. The average molecular weight is 290 g/mol. The predicted octanol–water partition coefficient (Wildman–Crippen LogP) is 2.08. The minimum atomic E-state index is 0.0113. The van der Waals surface area contributed by atoms with Gasteiger partial charge in [-0.15, -0.1) is 0 Å². The number of rotatable bonds is 7. The van der Waals surface area contributed by atoms with Crippen LogP contribution in [-0.4, -0.2) is 24.5 Å². The Hall–Kier alpha value is -1.69. The molecule has 0 radical (unpaired) electrons. The van der Waals surface area contributed by atoms with Crippen molar-refractivity contribution in [2.24, 2.45) is 5.73 Å². The molecule has 0 saturated carbocycles. The third-order valence-corrected chi connectivity index (χ3v) is 3.72. The topological polar surface area (TPSA) is 74.5 Å². The van der Waals surface area contributed by atoms with Gasteiger partial charge in [-0.2, -0.15) is 10.2 Å². The molecule has 2 rings (SSSR count). The molecule has 1 unspecified atom stereocenters. The van der Waals surface area contributed by atoms with E-state index in [9.17, 15) is 0 Å². The SMILES string of the molecule is CCCn1ncnc1Cn1nc(CC)c(C(C)N)c1CC. The largest absolute Gasteiger partial charge is 0.324 e. The van der Waals surface area contributed by atoms with Gasteiger partial charge in [0.2, 0.25) is 0 Å². The van der Waals surface area contributed by atoms with Crippen LogP contribution in [0, 0.1) is 0 Å². The Balaban J connectivity index is 2.37. The lowest BCUT2D eigenvalue weighted by Gasteiger charge is -2.10. The standard InChI is InChI=1S/C15H26N6/c1-5-8-20-14(17-10-18-20)9-21-13(7-3)15(11(4)16)12(6-2)19-21/h10-11H,5-9,16H2,1-4H3. The first-order valence-corrected chi connectivity index (χ1v) is 7.82. The third-order valence-electron chi connectivity index (χ3n) is 3.72. The van der Waals surface area contributed by atoms with Crippen molar-refractivity contribution >= 4 is 0 Å². The lowest BCUT2D eigenvalue weighted by Crippen LogP contribution is -2.14. The molecule has 6 nitrogen and oxygen atoms in total. The van der Waals surface area contributed by atoms with Crippen LogP contribution in [0.5, 0.6) is 0 Å². The molecular formula is C15H26N6. The van der Waals surface area contributed by atoms with E-state index < -0.39 is 0 Å². The molecule has 2 aromatic rings. The first kappa shape index (κ1) is 15.7. The van der Waals surface area contributed by atoms with Crippen LogP contribution in [-0.2, 0) is 25.9 Å². The number of aryl methyl sites for hydroxylation is 2. The normalized spacial score (nSPS) is 12.8. The van der Waals surface area contributed by atoms with E-state index in [2.05, 4.69) is 30.9 Å². The molecule has 2 aromatic heterocycles. The van der Waals surface area contributed by atoms with Gasteiger partial charge in [0.1, 0.15) is 18.7 Å². The van der Waals surface area contributed by atoms with Gasteiger partial charge in [0.05, 0.1) is 5.69 Å². The molecule has 0 aliphatic carbocycles. The van der Waals surface area contributed by atoms with Gasteiger partial charge in [-0.05, 0) is 26.2 Å². The van der Waals surface area contributed by atoms with Crippen molar-refractivity contribution in [3.63, 3.8) is 0 Å². The summed E-state index contributed by atoms with van der Waals surface area (Å²) in [6.45, 7) is 9.98. The fraction of sp³-hybridized carbons (Fsp3) is 0.667. The van der Waals surface area contributed by atoms with Crippen LogP contribution in [0.15, 0.2) is 6.33 Å². The maximum Gasteiger partial charge on any atom is 0.148 e. The molecule has 116 valence electrons. The van der Waals surface area contributed by atoms with Gasteiger partial charge >= 0.3 is 0 Å². The van der Waals surface area contributed by atoms with Crippen LogP contribution >= 0.6 is 0 Å². The van der Waals surface area contributed by atoms with Crippen LogP contribution in [0.2, 0.25) is 0 Å². The summed E-state index contributed by atoms with van der Waals surface area (Å²) in [6, 6.07) is 0.0113. The van der Waals surface area contributed by atoms with E-state index in [1.54, 1.807) is 6.33 Å². The summed E-state index contributed by atoms with van der Waals surface area (Å²) in [5, 5.41) is 9.03. The van der Waals surface area contributed by atoms with E-state index in [4.69, 9.17) is 10.8 Å². The molecule has 0 aromatic carbocycles. The lowest BCUT2D eigenvalue weighted by atomic mass is 10.0. The molecule has 2 heterocycles. The number of nitrogens with two attached hydrogens (primary N) is 1. The highest BCUT2D eigenvalue weighted by molar-refractivity contribution is 5.30. The smallest absolute Gasteiger partial charge is 0.148 e. The number of nitrogens with zero attached hydrogens (tertiary/aromatic N) is 5. The minimum Gasteiger partial charge on any atom is -0.324 e. The molecule has 0 fully saturated rings. The molecular weight excluding hydrogens is 264 g/mol. The Kier molecular flexibility index (Phi) is 5.12. The molecule has 0 spiro atoms. The molecule has 21 heavy (non-hydrogen) atoms. The van der Waals surface area contributed by atoms with Crippen LogP contribution in [0.25, 0.3) is 0 Å². The highest BCUT2D eigenvalue weighted by atomic mass is 15.4. The van der Waals surface area contributed by atoms with Gasteiger partial charge in [-0.1, -0.05) is 20.8 Å². The third kappa shape index (κ3) is 3.15. The second-order valence-electron chi connectivity index (χ2n) is 5.36. The van der Waals surface area contributed by atoms with Gasteiger partial charge in [0.15, 0.2) is 0 Å². The molecule has 1 atom stereocenters. The van der Waals surface area contributed by atoms with E-state index in [1.165, 1.54) is 11.3 Å². The van der Waals surface area contributed by atoms with Crippen molar-refractivity contribution in [1.29, 1.82) is 0 Å². The summed E-state index contributed by atoms with van der Waals surface area (Å²) in [6.07, 6.45) is 4.49. The Bertz CT molecular complexity index is 581. The van der Waals surface area contributed by atoms with E-state index in [0.717, 1.165) is 37.3 Å². The minimum absolute atomic E-state index is 0.0113. The summed E-state index contributed by atoms with van der Waals surface area (Å²) >= 11 is 0. The van der Waals surface area contributed by atoms with Crippen LogP contribution in [0.1, 0.15) is 62.9 Å². The number of hydrogen-bond acceptors (Lipinski definition) is 4. The summed E-state index contributed by atoms with van der Waals surface area (Å²) < 4.78 is 4.01. The summed E-state index contributed by atoms with van der Waals surface area (Å²) in [5.41, 5.74) is 9.66. The molecule has 0 amide bonds. The van der Waals surface area contributed by atoms with Gasteiger partial charge in [0.25, 0.3) is 0 Å².